The molecule has 0 unspecified atom stereocenters. The number of fused-ring (bicyclic) bond motifs is 2. The van der Waals surface area contributed by atoms with Crippen LogP contribution in [0.15, 0.2) is 91.0 Å². The summed E-state index contributed by atoms with van der Waals surface area (Å²) in [5, 5.41) is 24.2. The predicted molar refractivity (Wildman–Crippen MR) is 173 cm³/mol. The Balaban J connectivity index is 1.23. The second-order valence-corrected chi connectivity index (χ2v) is 10.6. The van der Waals surface area contributed by atoms with E-state index in [-0.39, 0.29) is 17.0 Å². The van der Waals surface area contributed by atoms with Crippen molar-refractivity contribution in [2.75, 3.05) is 13.2 Å². The third-order valence-corrected chi connectivity index (χ3v) is 7.50. The van der Waals surface area contributed by atoms with Gasteiger partial charge in [0, 0.05) is 29.4 Å². The van der Waals surface area contributed by atoms with E-state index in [1.807, 2.05) is 48.5 Å². The van der Waals surface area contributed by atoms with E-state index in [1.165, 1.54) is 24.3 Å². The van der Waals surface area contributed by atoms with Gasteiger partial charge in [-0.2, -0.15) is 0 Å². The van der Waals surface area contributed by atoms with Gasteiger partial charge in [-0.15, -0.1) is 0 Å². The summed E-state index contributed by atoms with van der Waals surface area (Å²) in [4.78, 5) is 35.5. The summed E-state index contributed by atoms with van der Waals surface area (Å²) >= 11 is 0. The first kappa shape index (κ1) is 31.8. The second-order valence-electron chi connectivity index (χ2n) is 10.6. The predicted octanol–water partition coefficient (Wildman–Crippen LogP) is 7.77. The molecule has 9 nitrogen and oxygen atoms in total. The van der Waals surface area contributed by atoms with Gasteiger partial charge in [0.2, 0.25) is 5.88 Å². The molecular weight excluding hydrogens is 591 g/mol. The molecule has 0 saturated carbocycles. The Hall–Kier alpha value is -5.64. The standard InChI is InChI=1S/C36H33FN2O7/c37-25-18-19-31-30(23-25)28(15-3-1-2-8-20-38-33(40)27-14-6-7-16-29(27)35(41)42)34(46-36(43)44)39(31)21-10-22-45-32-17-9-12-24-11-4-5-13-26(24)32/h3-7,9,11-19,23H,1-2,8,10,20-22H2,(H,38,40)(H,41,42)(H,43,44)/b15-3+. The molecule has 0 saturated heterocycles. The van der Waals surface area contributed by atoms with Crippen LogP contribution < -0.4 is 14.8 Å². The van der Waals surface area contributed by atoms with Crippen molar-refractivity contribution < 1.29 is 38.5 Å². The number of carbonyl (C=O) groups is 3. The van der Waals surface area contributed by atoms with Crippen LogP contribution in [0.1, 0.15) is 52.0 Å². The maximum absolute atomic E-state index is 14.3. The number of hydrogen-bond acceptors (Lipinski definition) is 5. The Morgan fingerprint density at radius 3 is 2.41 bits per heavy atom. The Morgan fingerprint density at radius 2 is 1.61 bits per heavy atom. The van der Waals surface area contributed by atoms with Crippen LogP contribution in [0.4, 0.5) is 9.18 Å². The summed E-state index contributed by atoms with van der Waals surface area (Å²) in [5.74, 6) is -1.23. The quantitative estimate of drug-likeness (QED) is 0.0851. The first-order valence-electron chi connectivity index (χ1n) is 14.9. The largest absolute Gasteiger partial charge is 0.512 e. The number of allylic oxidation sites excluding steroid dienone is 1. The first-order valence-corrected chi connectivity index (χ1v) is 14.9. The number of nitrogens with one attached hydrogen (secondary N) is 1. The van der Waals surface area contributed by atoms with E-state index < -0.39 is 23.8 Å². The third kappa shape index (κ3) is 7.52. The summed E-state index contributed by atoms with van der Waals surface area (Å²) in [7, 11) is 0. The number of nitrogens with zero attached hydrogens (tertiary/aromatic N) is 1. The van der Waals surface area contributed by atoms with E-state index in [9.17, 15) is 29.0 Å². The van der Waals surface area contributed by atoms with E-state index in [0.29, 0.717) is 61.8 Å². The van der Waals surface area contributed by atoms with Crippen LogP contribution in [0, 0.1) is 5.82 Å². The number of aromatic nitrogens is 1. The lowest BCUT2D eigenvalue weighted by Gasteiger charge is -2.12. The summed E-state index contributed by atoms with van der Waals surface area (Å²) in [5.41, 5.74) is 1.12. The number of carbonyl (C=O) groups excluding carboxylic acids is 1. The first-order chi connectivity index (χ1) is 22.3. The number of benzene rings is 4. The average molecular weight is 625 g/mol. The lowest BCUT2D eigenvalue weighted by atomic mass is 10.1. The van der Waals surface area contributed by atoms with Crippen molar-refractivity contribution in [3.8, 4) is 11.6 Å². The molecule has 1 aromatic heterocycles. The molecule has 0 bridgehead atoms. The van der Waals surface area contributed by atoms with Crippen molar-refractivity contribution in [2.45, 2.75) is 32.2 Å². The maximum Gasteiger partial charge on any atom is 0.512 e. The Bertz CT molecular complexity index is 1910. The SMILES string of the molecule is O=C(O)Oc1c(/C=C/CCCCNC(=O)c2ccccc2C(=O)O)c2cc(F)ccc2n1CCCOc1cccc2ccccc12. The molecule has 5 aromatic rings. The zero-order valence-electron chi connectivity index (χ0n) is 24.9. The third-order valence-electron chi connectivity index (χ3n) is 7.50. The van der Waals surface area contributed by atoms with Crippen LogP contribution in [0.5, 0.6) is 11.6 Å². The molecule has 0 aliphatic carbocycles. The molecule has 3 N–H and O–H groups in total. The van der Waals surface area contributed by atoms with Gasteiger partial charge in [0.15, 0.2) is 0 Å². The van der Waals surface area contributed by atoms with Gasteiger partial charge < -0.3 is 29.6 Å². The van der Waals surface area contributed by atoms with Crippen molar-refractivity contribution in [1.82, 2.24) is 9.88 Å². The van der Waals surface area contributed by atoms with Crippen LogP contribution in [0.3, 0.4) is 0 Å². The average Bonchev–Trinajstić information content (AvgIpc) is 3.32. The number of aryl methyl sites for hydroxylation is 1. The maximum atomic E-state index is 14.3. The zero-order valence-corrected chi connectivity index (χ0v) is 24.9. The smallest absolute Gasteiger partial charge is 0.493 e. The van der Waals surface area contributed by atoms with E-state index in [1.54, 1.807) is 28.8 Å². The minimum Gasteiger partial charge on any atom is -0.493 e. The molecule has 1 heterocycles. The van der Waals surface area contributed by atoms with Crippen molar-refractivity contribution in [1.29, 1.82) is 0 Å². The van der Waals surface area contributed by atoms with Crippen molar-refractivity contribution in [2.24, 2.45) is 0 Å². The van der Waals surface area contributed by atoms with Crippen LogP contribution in [0.2, 0.25) is 0 Å². The molecule has 1 amide bonds. The van der Waals surface area contributed by atoms with Gasteiger partial charge in [0.1, 0.15) is 11.6 Å². The molecule has 236 valence electrons. The molecule has 0 aliphatic heterocycles. The van der Waals surface area contributed by atoms with E-state index in [4.69, 9.17) is 9.47 Å². The van der Waals surface area contributed by atoms with E-state index in [0.717, 1.165) is 16.5 Å². The fraction of sp³-hybridized carbons (Fsp3) is 0.194. The summed E-state index contributed by atoms with van der Waals surface area (Å²) in [6.07, 6.45) is 4.53. The fourth-order valence-corrected chi connectivity index (χ4v) is 5.38. The Labute approximate surface area is 264 Å². The topological polar surface area (TPSA) is 127 Å². The fourth-order valence-electron chi connectivity index (χ4n) is 5.38. The normalized spacial score (nSPS) is 11.2. The van der Waals surface area contributed by atoms with E-state index >= 15 is 0 Å². The number of carboxylic acids is 1. The lowest BCUT2D eigenvalue weighted by molar-refractivity contribution is 0.0690. The number of rotatable bonds is 14. The highest BCUT2D eigenvalue weighted by Gasteiger charge is 2.20. The zero-order chi connectivity index (χ0) is 32.5. The summed E-state index contributed by atoms with van der Waals surface area (Å²) in [6, 6.07) is 24.1. The van der Waals surface area contributed by atoms with Gasteiger partial charge in [-0.1, -0.05) is 60.7 Å². The van der Waals surface area contributed by atoms with Crippen LogP contribution in [-0.2, 0) is 6.54 Å². The summed E-state index contributed by atoms with van der Waals surface area (Å²) in [6.45, 7) is 1.08. The number of halogens is 1. The highest BCUT2D eigenvalue weighted by atomic mass is 19.1. The Morgan fingerprint density at radius 1 is 0.848 bits per heavy atom. The number of ether oxygens (including phenoxy) is 2. The lowest BCUT2D eigenvalue weighted by Crippen LogP contribution is -2.26. The highest BCUT2D eigenvalue weighted by molar-refractivity contribution is 6.04. The van der Waals surface area contributed by atoms with Crippen LogP contribution in [0.25, 0.3) is 27.8 Å². The van der Waals surface area contributed by atoms with Gasteiger partial charge in [-0.3, -0.25) is 4.79 Å². The van der Waals surface area contributed by atoms with Crippen molar-refractivity contribution >= 4 is 45.8 Å². The minimum atomic E-state index is -1.48. The molecule has 0 aliphatic rings. The molecule has 0 radical (unpaired) electrons. The van der Waals surface area contributed by atoms with Crippen LogP contribution >= 0.6 is 0 Å². The number of hydrogen-bond donors (Lipinski definition) is 3. The molecule has 0 fully saturated rings. The van der Waals surface area contributed by atoms with Gasteiger partial charge in [-0.25, -0.2) is 14.0 Å². The molecule has 0 spiro atoms. The highest BCUT2D eigenvalue weighted by Crippen LogP contribution is 2.35. The van der Waals surface area contributed by atoms with E-state index in [2.05, 4.69) is 5.32 Å². The van der Waals surface area contributed by atoms with Crippen molar-refractivity contribution in [3.05, 3.63) is 114 Å². The number of carboxylic acid groups (broad SMARTS) is 2. The van der Waals surface area contributed by atoms with Crippen molar-refractivity contribution in [3.63, 3.8) is 0 Å². The molecule has 46 heavy (non-hydrogen) atoms. The molecule has 10 heteroatoms. The molecular formula is C36H33FN2O7. The molecule has 4 aromatic carbocycles. The van der Waals surface area contributed by atoms with Gasteiger partial charge in [0.25, 0.3) is 5.91 Å². The number of aromatic carboxylic acids is 1. The minimum absolute atomic E-state index is 0.0599. The monoisotopic (exact) mass is 624 g/mol. The Kier molecular flexibility index (Phi) is 10.3. The van der Waals surface area contributed by atoms with Gasteiger partial charge in [-0.05, 0) is 67.5 Å². The van der Waals surface area contributed by atoms with Gasteiger partial charge >= 0.3 is 12.1 Å². The molecule has 5 rings (SSSR count). The molecule has 0 atom stereocenters. The summed E-state index contributed by atoms with van der Waals surface area (Å²) < 4.78 is 27.4. The van der Waals surface area contributed by atoms with Crippen LogP contribution in [-0.4, -0.2) is 46.0 Å². The number of amides is 1. The number of unbranched alkanes of at least 4 members (excludes halogenated alkanes) is 2. The van der Waals surface area contributed by atoms with Gasteiger partial charge in [0.05, 0.1) is 23.3 Å². The second kappa shape index (κ2) is 14.9.